The molecule has 0 spiro atoms. The van der Waals surface area contributed by atoms with Crippen molar-refractivity contribution in [2.45, 2.75) is 97.1 Å². The lowest BCUT2D eigenvalue weighted by Crippen LogP contribution is -2.52. The second-order valence-corrected chi connectivity index (χ2v) is 19.5. The van der Waals surface area contributed by atoms with Gasteiger partial charge in [0.2, 0.25) is 0 Å². The van der Waals surface area contributed by atoms with Gasteiger partial charge < -0.3 is 30.7 Å². The number of carbonyl (C=O) groups excluding carboxylic acids is 1. The summed E-state index contributed by atoms with van der Waals surface area (Å²) in [6.45, 7) is 13.0. The molecule has 1 unspecified atom stereocenters. The van der Waals surface area contributed by atoms with Crippen LogP contribution in [0.15, 0.2) is 48.5 Å². The summed E-state index contributed by atoms with van der Waals surface area (Å²) in [5.74, 6) is 1.56. The van der Waals surface area contributed by atoms with Crippen LogP contribution in [-0.4, -0.2) is 55.1 Å². The van der Waals surface area contributed by atoms with Crippen LogP contribution in [0.1, 0.15) is 69.2 Å². The van der Waals surface area contributed by atoms with Gasteiger partial charge in [0, 0.05) is 0 Å². The number of hydrogen-bond acceptors (Lipinski definition) is 8. The van der Waals surface area contributed by atoms with Crippen molar-refractivity contribution in [1.29, 1.82) is 0 Å². The van der Waals surface area contributed by atoms with Crippen LogP contribution >= 0.6 is 0 Å². The molecule has 0 N–H and O–H groups in total. The van der Waals surface area contributed by atoms with Gasteiger partial charge in [0.1, 0.15) is 17.2 Å². The first-order valence-corrected chi connectivity index (χ1v) is 22.6. The zero-order valence-electron chi connectivity index (χ0n) is 25.3. The van der Waals surface area contributed by atoms with Gasteiger partial charge in [-0.25, -0.2) is 4.79 Å². The van der Waals surface area contributed by atoms with Gasteiger partial charge in [-0.2, -0.15) is 0 Å². The number of unbranched alkanes of at least 4 members (excludes halogenated alkanes) is 4. The molecular weight excluding hydrogens is 589 g/mol. The second kappa shape index (κ2) is 17.4. The van der Waals surface area contributed by atoms with Crippen LogP contribution in [0.4, 0.5) is 0 Å². The summed E-state index contributed by atoms with van der Waals surface area (Å²) < 4.78 is 41.8. The quantitative estimate of drug-likeness (QED) is 0.0874. The van der Waals surface area contributed by atoms with Crippen LogP contribution in [0, 0.1) is 0 Å². The molecule has 0 saturated carbocycles. The molecule has 1 saturated heterocycles. The second-order valence-electron chi connectivity index (χ2n) is 10.5. The first kappa shape index (κ1) is 33.7. The van der Waals surface area contributed by atoms with Gasteiger partial charge in [-0.3, -0.25) is 0 Å². The van der Waals surface area contributed by atoms with Crippen LogP contribution in [0.5, 0.6) is 17.2 Å². The maximum Gasteiger partial charge on any atom is 0.362 e. The van der Waals surface area contributed by atoms with Gasteiger partial charge in [0.15, 0.2) is 0 Å². The Morgan fingerprint density at radius 3 is 2.05 bits per heavy atom. The van der Waals surface area contributed by atoms with Crippen molar-refractivity contribution in [3.8, 4) is 17.2 Å². The fourth-order valence-corrected chi connectivity index (χ4v) is 16.5. The molecule has 225 valence electrons. The first-order valence-electron chi connectivity index (χ1n) is 14.6. The van der Waals surface area contributed by atoms with Crippen molar-refractivity contribution in [2.75, 3.05) is 6.61 Å². The van der Waals surface area contributed by atoms with E-state index in [1.54, 1.807) is 36.4 Å². The highest BCUT2D eigenvalue weighted by atomic mass is 28.5. The van der Waals surface area contributed by atoms with E-state index in [1.807, 2.05) is 31.8 Å². The summed E-state index contributed by atoms with van der Waals surface area (Å²) in [5.41, 5.74) is 0.464. The highest BCUT2D eigenvalue weighted by Gasteiger charge is 2.40. The Balaban J connectivity index is 1.37. The Labute approximate surface area is 252 Å². The summed E-state index contributed by atoms with van der Waals surface area (Å²) in [7, 11) is -6.33. The molecule has 1 aliphatic rings. The van der Waals surface area contributed by atoms with Crippen molar-refractivity contribution in [3.05, 3.63) is 54.1 Å². The Hall–Kier alpha value is -1.78. The van der Waals surface area contributed by atoms with E-state index in [2.05, 4.69) is 20.4 Å². The van der Waals surface area contributed by atoms with Crippen LogP contribution in [-0.2, 0) is 16.5 Å². The third kappa shape index (κ3) is 12.5. The third-order valence-electron chi connectivity index (χ3n) is 6.51. The van der Waals surface area contributed by atoms with E-state index in [4.69, 9.17) is 30.7 Å². The van der Waals surface area contributed by atoms with E-state index in [1.165, 1.54) is 25.7 Å². The van der Waals surface area contributed by atoms with E-state index >= 15 is 0 Å². The molecule has 2 aromatic carbocycles. The van der Waals surface area contributed by atoms with Crippen molar-refractivity contribution in [2.24, 2.45) is 0 Å². The van der Waals surface area contributed by atoms with Gasteiger partial charge in [-0.1, -0.05) is 26.2 Å². The standard InChI is InChI=1S/C29H45O8Si4/c1-7-8-9-10-13-24(2)32-27-18-20-28(21-19-27)33-29(30)25-14-16-26(17-15-25)31-22-11-12-23-41(6)36-39(4)34-38(3)35-40(5)37-41/h14-21,24H,7-13,22-23H2,1-6H3. The van der Waals surface area contributed by atoms with Crippen molar-refractivity contribution >= 4 is 42.4 Å². The fourth-order valence-electron chi connectivity index (χ4n) is 4.53. The van der Waals surface area contributed by atoms with Crippen molar-refractivity contribution in [1.82, 2.24) is 0 Å². The van der Waals surface area contributed by atoms with E-state index < -0.39 is 42.4 Å². The van der Waals surface area contributed by atoms with Gasteiger partial charge in [-0.15, -0.1) is 0 Å². The molecule has 0 bridgehead atoms. The number of rotatable bonds is 15. The molecule has 0 aromatic heterocycles. The molecule has 1 aliphatic heterocycles. The van der Waals surface area contributed by atoms with Gasteiger partial charge in [0.05, 0.1) is 18.3 Å². The maximum absolute atomic E-state index is 12.6. The van der Waals surface area contributed by atoms with Gasteiger partial charge >= 0.3 is 42.4 Å². The average molecular weight is 634 g/mol. The lowest BCUT2D eigenvalue weighted by Gasteiger charge is -2.35. The molecule has 8 nitrogen and oxygen atoms in total. The molecule has 12 heteroatoms. The largest absolute Gasteiger partial charge is 0.494 e. The van der Waals surface area contributed by atoms with Gasteiger partial charge in [0.25, 0.3) is 0 Å². The normalized spacial score (nSPS) is 17.4. The molecule has 41 heavy (non-hydrogen) atoms. The fraction of sp³-hybridized carbons (Fsp3) is 0.552. The summed E-state index contributed by atoms with van der Waals surface area (Å²) in [6.07, 6.45) is 7.92. The summed E-state index contributed by atoms with van der Waals surface area (Å²) >= 11 is 0. The average Bonchev–Trinajstić information content (AvgIpc) is 2.91. The van der Waals surface area contributed by atoms with Crippen molar-refractivity contribution in [3.63, 3.8) is 0 Å². The molecule has 1 heterocycles. The zero-order chi connectivity index (χ0) is 29.7. The Morgan fingerprint density at radius 2 is 1.41 bits per heavy atom. The van der Waals surface area contributed by atoms with Gasteiger partial charge in [-0.05, 0) is 113 Å². The van der Waals surface area contributed by atoms with Crippen LogP contribution < -0.4 is 14.2 Å². The molecule has 2 aromatic rings. The lowest BCUT2D eigenvalue weighted by molar-refractivity contribution is 0.0734. The Bertz CT molecular complexity index is 1030. The number of esters is 1. The third-order valence-corrected chi connectivity index (χ3v) is 18.1. The van der Waals surface area contributed by atoms with Crippen LogP contribution in [0.25, 0.3) is 0 Å². The lowest BCUT2D eigenvalue weighted by atomic mass is 10.1. The predicted molar refractivity (Wildman–Crippen MR) is 167 cm³/mol. The summed E-state index contributed by atoms with van der Waals surface area (Å²) in [4.78, 5) is 12.6. The van der Waals surface area contributed by atoms with E-state index in [-0.39, 0.29) is 6.10 Å². The van der Waals surface area contributed by atoms with E-state index in [0.717, 1.165) is 31.1 Å². The number of benzene rings is 2. The predicted octanol–water partition coefficient (Wildman–Crippen LogP) is 7.31. The number of ether oxygens (including phenoxy) is 3. The summed E-state index contributed by atoms with van der Waals surface area (Å²) in [6, 6.07) is 15.1. The SMILES string of the molecule is CCCCCCC(C)Oc1ccc(OC(=O)c2ccc(OCCCC[Si]3(C)O[Si](C)O[Si](C)O[Si](C)O3)cc2)cc1. The minimum absolute atomic E-state index is 0.158. The zero-order valence-corrected chi connectivity index (χ0v) is 29.3. The molecule has 0 aliphatic carbocycles. The molecule has 1 fully saturated rings. The topological polar surface area (TPSA) is 81.7 Å². The van der Waals surface area contributed by atoms with Crippen LogP contribution in [0.2, 0.25) is 32.2 Å². The smallest absolute Gasteiger partial charge is 0.362 e. The Morgan fingerprint density at radius 1 is 0.805 bits per heavy atom. The van der Waals surface area contributed by atoms with E-state index in [0.29, 0.717) is 23.7 Å². The highest BCUT2D eigenvalue weighted by molar-refractivity contribution is 6.81. The minimum atomic E-state index is -2.33. The molecule has 1 atom stereocenters. The molecule has 3 radical (unpaired) electrons. The monoisotopic (exact) mass is 633 g/mol. The molecule has 0 amide bonds. The summed E-state index contributed by atoms with van der Waals surface area (Å²) in [5, 5.41) is 0. The van der Waals surface area contributed by atoms with E-state index in [9.17, 15) is 4.79 Å². The molecule has 3 rings (SSSR count). The highest BCUT2D eigenvalue weighted by Crippen LogP contribution is 2.24. The molecular formula is C29H45O8Si4. The number of hydrogen-bond donors (Lipinski definition) is 0. The number of carbonyl (C=O) groups is 1. The van der Waals surface area contributed by atoms with Crippen LogP contribution in [0.3, 0.4) is 0 Å². The minimum Gasteiger partial charge on any atom is -0.494 e. The maximum atomic E-state index is 12.6. The Kier molecular flexibility index (Phi) is 14.3. The van der Waals surface area contributed by atoms with Crippen molar-refractivity contribution < 1.29 is 35.5 Å². The first-order chi connectivity index (χ1) is 19.7.